The molecule has 0 aliphatic carbocycles. The van der Waals surface area contributed by atoms with Gasteiger partial charge in [0.1, 0.15) is 0 Å². The van der Waals surface area contributed by atoms with Gasteiger partial charge in [-0.2, -0.15) is 4.39 Å². The van der Waals surface area contributed by atoms with Crippen molar-refractivity contribution in [2.24, 2.45) is 0 Å². The van der Waals surface area contributed by atoms with E-state index in [0.29, 0.717) is 46.1 Å². The van der Waals surface area contributed by atoms with E-state index in [0.717, 1.165) is 16.0 Å². The highest BCUT2D eigenvalue weighted by atomic mass is 32.1. The molecule has 2 amide bonds. The molecule has 1 N–H and O–H groups in total. The first-order chi connectivity index (χ1) is 20.5. The molecule has 0 fully saturated rings. The van der Waals surface area contributed by atoms with Crippen molar-refractivity contribution in [1.82, 2.24) is 19.5 Å². The summed E-state index contributed by atoms with van der Waals surface area (Å²) in [4.78, 5) is 41.8. The number of hydrogen-bond acceptors (Lipinski definition) is 6. The monoisotopic (exact) mass is 576 g/mol. The van der Waals surface area contributed by atoms with Gasteiger partial charge in [-0.05, 0) is 72.1 Å². The van der Waals surface area contributed by atoms with Crippen molar-refractivity contribution in [1.29, 1.82) is 0 Å². The van der Waals surface area contributed by atoms with E-state index in [2.05, 4.69) is 15.3 Å². The van der Waals surface area contributed by atoms with Gasteiger partial charge in [-0.15, -0.1) is 11.3 Å². The highest BCUT2D eigenvalue weighted by molar-refractivity contribution is 7.17. The molecular formula is C32H25FN6O2S. The molecule has 0 unspecified atom stereocenters. The molecule has 0 aliphatic heterocycles. The molecule has 0 saturated carbocycles. The van der Waals surface area contributed by atoms with Crippen LogP contribution in [0.25, 0.3) is 21.5 Å². The number of amides is 2. The molecule has 208 valence electrons. The van der Waals surface area contributed by atoms with Gasteiger partial charge in [0.15, 0.2) is 0 Å². The number of nitrogens with zero attached hydrogens (tertiary/aromatic N) is 5. The van der Waals surface area contributed by atoms with Gasteiger partial charge in [0.2, 0.25) is 11.9 Å². The highest BCUT2D eigenvalue weighted by Crippen LogP contribution is 2.30. The Balaban J connectivity index is 1.31. The van der Waals surface area contributed by atoms with E-state index in [1.54, 1.807) is 48.5 Å². The van der Waals surface area contributed by atoms with Gasteiger partial charge in [-0.3, -0.25) is 19.9 Å². The van der Waals surface area contributed by atoms with E-state index in [4.69, 9.17) is 4.98 Å². The number of aromatic nitrogens is 4. The number of pyridine rings is 2. The van der Waals surface area contributed by atoms with Gasteiger partial charge < -0.3 is 9.47 Å². The Bertz CT molecular complexity index is 1890. The van der Waals surface area contributed by atoms with E-state index < -0.39 is 5.95 Å². The lowest BCUT2D eigenvalue weighted by Gasteiger charge is -2.17. The van der Waals surface area contributed by atoms with Gasteiger partial charge >= 0.3 is 0 Å². The third kappa shape index (κ3) is 5.65. The van der Waals surface area contributed by atoms with Crippen molar-refractivity contribution in [2.45, 2.75) is 13.0 Å². The van der Waals surface area contributed by atoms with Gasteiger partial charge in [0.25, 0.3) is 11.8 Å². The minimum atomic E-state index is -0.579. The number of imidazole rings is 1. The van der Waals surface area contributed by atoms with Crippen molar-refractivity contribution in [3.63, 3.8) is 0 Å². The number of aryl methyl sites for hydroxylation is 2. The lowest BCUT2D eigenvalue weighted by Crippen LogP contribution is -2.26. The topological polar surface area (TPSA) is 93.0 Å². The Hall–Kier alpha value is -5.22. The van der Waals surface area contributed by atoms with E-state index in [9.17, 15) is 14.0 Å². The van der Waals surface area contributed by atoms with E-state index in [1.807, 2.05) is 59.3 Å². The third-order valence-corrected chi connectivity index (χ3v) is 7.99. The van der Waals surface area contributed by atoms with Gasteiger partial charge in [-0.1, -0.05) is 24.3 Å². The first kappa shape index (κ1) is 27.0. The molecule has 0 spiro atoms. The molecule has 10 heteroatoms. The summed E-state index contributed by atoms with van der Waals surface area (Å²) < 4.78 is 15.6. The van der Waals surface area contributed by atoms with Crippen LogP contribution in [0, 0.1) is 5.95 Å². The molecule has 0 aliphatic rings. The number of halogens is 1. The van der Waals surface area contributed by atoms with Crippen molar-refractivity contribution >= 4 is 45.8 Å². The fraction of sp³-hybridized carbons (Fsp3) is 0.0938. The molecule has 4 heterocycles. The number of nitrogens with one attached hydrogen (secondary N) is 1. The molecule has 0 saturated heterocycles. The van der Waals surface area contributed by atoms with Crippen LogP contribution >= 0.6 is 11.3 Å². The number of thiophene rings is 1. The minimum Gasteiger partial charge on any atom is -0.311 e. The summed E-state index contributed by atoms with van der Waals surface area (Å²) in [7, 11) is 1.72. The molecule has 6 rings (SSSR count). The van der Waals surface area contributed by atoms with Crippen LogP contribution < -0.4 is 10.2 Å². The van der Waals surface area contributed by atoms with Crippen LogP contribution in [0.5, 0.6) is 0 Å². The maximum absolute atomic E-state index is 13.6. The molecule has 4 aromatic heterocycles. The molecule has 8 nitrogen and oxygen atoms in total. The van der Waals surface area contributed by atoms with Crippen LogP contribution in [0.4, 0.5) is 16.0 Å². The number of anilines is 2. The number of carbonyl (C=O) groups is 2. The SMILES string of the molecule is CN(C(=O)c1ccccc1)c1ccc2c(c1)nc(NC(=O)c1ccc(-c3ccnc(F)c3)s1)n2CCc1cccnc1. The van der Waals surface area contributed by atoms with Gasteiger partial charge in [-0.25, -0.2) is 9.97 Å². The predicted octanol–water partition coefficient (Wildman–Crippen LogP) is 6.47. The zero-order valence-electron chi connectivity index (χ0n) is 22.6. The lowest BCUT2D eigenvalue weighted by atomic mass is 10.2. The average Bonchev–Trinajstić information content (AvgIpc) is 3.65. The smallest absolute Gasteiger partial charge is 0.268 e. The predicted molar refractivity (Wildman–Crippen MR) is 162 cm³/mol. The van der Waals surface area contributed by atoms with Crippen molar-refractivity contribution in [3.05, 3.63) is 125 Å². The molecule has 42 heavy (non-hydrogen) atoms. The number of hydrogen-bond donors (Lipinski definition) is 1. The zero-order chi connectivity index (χ0) is 29.1. The number of carbonyl (C=O) groups excluding carboxylic acids is 2. The Morgan fingerprint density at radius 2 is 1.83 bits per heavy atom. The van der Waals surface area contributed by atoms with E-state index >= 15 is 0 Å². The van der Waals surface area contributed by atoms with Crippen molar-refractivity contribution in [3.8, 4) is 10.4 Å². The third-order valence-electron chi connectivity index (χ3n) is 6.86. The Morgan fingerprint density at radius 3 is 2.62 bits per heavy atom. The lowest BCUT2D eigenvalue weighted by molar-refractivity contribution is 0.0991. The number of benzene rings is 2. The minimum absolute atomic E-state index is 0.137. The summed E-state index contributed by atoms with van der Waals surface area (Å²) in [6, 6.07) is 25.1. The van der Waals surface area contributed by atoms with Crippen LogP contribution in [0.1, 0.15) is 25.6 Å². The highest BCUT2D eigenvalue weighted by Gasteiger charge is 2.19. The van der Waals surface area contributed by atoms with Crippen LogP contribution in [-0.4, -0.2) is 38.4 Å². The standard InChI is InChI=1S/C32H25FN6O2S/c1-38(31(41)22-7-3-2-4-8-22)24-9-10-26-25(19-24)36-32(39(26)17-14-21-6-5-15-34-20-21)37-30(40)28-12-11-27(42-28)23-13-16-35-29(33)18-23/h2-13,15-16,18-20H,14,17H2,1H3,(H,36,37,40). The maximum Gasteiger partial charge on any atom is 0.268 e. The Labute approximate surface area is 245 Å². The first-order valence-electron chi connectivity index (χ1n) is 13.2. The molecule has 0 radical (unpaired) electrons. The maximum atomic E-state index is 13.6. The summed E-state index contributed by atoms with van der Waals surface area (Å²) in [6.07, 6.45) is 5.61. The second kappa shape index (κ2) is 11.7. The largest absolute Gasteiger partial charge is 0.311 e. The van der Waals surface area contributed by atoms with Gasteiger partial charge in [0.05, 0.1) is 15.9 Å². The van der Waals surface area contributed by atoms with Crippen LogP contribution in [0.15, 0.2) is 104 Å². The Kier molecular flexibility index (Phi) is 7.52. The molecule has 2 aromatic carbocycles. The second-order valence-electron chi connectivity index (χ2n) is 9.59. The number of rotatable bonds is 8. The first-order valence-corrected chi connectivity index (χ1v) is 14.0. The van der Waals surface area contributed by atoms with Crippen LogP contribution in [-0.2, 0) is 13.0 Å². The quantitative estimate of drug-likeness (QED) is 0.210. The normalized spacial score (nSPS) is 11.0. The average molecular weight is 577 g/mol. The molecule has 0 bridgehead atoms. The molecule has 6 aromatic rings. The van der Waals surface area contributed by atoms with E-state index in [-0.39, 0.29) is 11.8 Å². The second-order valence-corrected chi connectivity index (χ2v) is 10.7. The van der Waals surface area contributed by atoms with Crippen molar-refractivity contribution < 1.29 is 14.0 Å². The van der Waals surface area contributed by atoms with E-state index in [1.165, 1.54) is 23.6 Å². The fourth-order valence-corrected chi connectivity index (χ4v) is 5.56. The van der Waals surface area contributed by atoms with Gasteiger partial charge in [0, 0.05) is 54.4 Å². The Morgan fingerprint density at radius 1 is 0.976 bits per heavy atom. The van der Waals surface area contributed by atoms with Crippen LogP contribution in [0.2, 0.25) is 0 Å². The van der Waals surface area contributed by atoms with Crippen LogP contribution in [0.3, 0.4) is 0 Å². The zero-order valence-corrected chi connectivity index (χ0v) is 23.4. The fourth-order valence-electron chi connectivity index (χ4n) is 4.66. The summed E-state index contributed by atoms with van der Waals surface area (Å²) in [5.74, 6) is -0.653. The number of fused-ring (bicyclic) bond motifs is 1. The summed E-state index contributed by atoms with van der Waals surface area (Å²) in [6.45, 7) is 0.544. The molecule has 0 atom stereocenters. The summed E-state index contributed by atoms with van der Waals surface area (Å²) in [5.41, 5.74) is 4.42. The summed E-state index contributed by atoms with van der Waals surface area (Å²) in [5, 5.41) is 2.97. The summed E-state index contributed by atoms with van der Waals surface area (Å²) >= 11 is 1.26. The molecular weight excluding hydrogens is 551 g/mol. The van der Waals surface area contributed by atoms with Crippen molar-refractivity contribution in [2.75, 3.05) is 17.3 Å².